The van der Waals surface area contributed by atoms with Crippen molar-refractivity contribution in [2.24, 2.45) is 0 Å². The Bertz CT molecular complexity index is 1210. The van der Waals surface area contributed by atoms with Crippen molar-refractivity contribution in [3.8, 4) is 0 Å². The molecule has 0 saturated heterocycles. The van der Waals surface area contributed by atoms with Crippen molar-refractivity contribution in [3.05, 3.63) is 24.3 Å². The molecular formula is C78H153NO3. The first-order chi connectivity index (χ1) is 40.7. The first-order valence-corrected chi connectivity index (χ1v) is 38.6. The molecule has 0 aliphatic rings. The fourth-order valence-electron chi connectivity index (χ4n) is 12.6. The maximum Gasteiger partial charge on any atom is 0.220 e. The summed E-state index contributed by atoms with van der Waals surface area (Å²) in [6.07, 6.45) is 102. The van der Waals surface area contributed by atoms with Crippen molar-refractivity contribution < 1.29 is 15.0 Å². The SMILES string of the molecule is CCCCCCCCCCCCCCCCCCCCCCCCCCCCC/C=C/CC/C=C/C(O)C(CO)NC(=O)CCCCCCCCCCCCCCCCCCCCCCCCCCCCCCCCCCCCCCC. The van der Waals surface area contributed by atoms with Crippen LogP contribution in [0.4, 0.5) is 0 Å². The summed E-state index contributed by atoms with van der Waals surface area (Å²) in [5.41, 5.74) is 0. The first-order valence-electron chi connectivity index (χ1n) is 38.6. The van der Waals surface area contributed by atoms with Crippen LogP contribution in [0.2, 0.25) is 0 Å². The van der Waals surface area contributed by atoms with Crippen LogP contribution >= 0.6 is 0 Å². The summed E-state index contributed by atoms with van der Waals surface area (Å²) in [6.45, 7) is 4.36. The van der Waals surface area contributed by atoms with Crippen molar-refractivity contribution in [2.75, 3.05) is 6.61 Å². The molecule has 0 aromatic heterocycles. The van der Waals surface area contributed by atoms with E-state index in [1.165, 1.54) is 398 Å². The van der Waals surface area contributed by atoms with Crippen molar-refractivity contribution in [1.29, 1.82) is 0 Å². The number of aliphatic hydroxyl groups is 2. The van der Waals surface area contributed by atoms with Crippen LogP contribution in [0.1, 0.15) is 450 Å². The number of hydrogen-bond donors (Lipinski definition) is 3. The molecule has 4 nitrogen and oxygen atoms in total. The number of hydrogen-bond acceptors (Lipinski definition) is 3. The number of allylic oxidation sites excluding steroid dienone is 3. The second-order valence-electron chi connectivity index (χ2n) is 26.8. The van der Waals surface area contributed by atoms with Gasteiger partial charge in [-0.3, -0.25) is 4.79 Å². The van der Waals surface area contributed by atoms with Crippen LogP contribution in [0.15, 0.2) is 24.3 Å². The molecule has 2 atom stereocenters. The van der Waals surface area contributed by atoms with Crippen LogP contribution in [-0.4, -0.2) is 34.9 Å². The fourth-order valence-corrected chi connectivity index (χ4v) is 12.6. The van der Waals surface area contributed by atoms with Gasteiger partial charge in [0.1, 0.15) is 0 Å². The Balaban J connectivity index is 3.40. The third kappa shape index (κ3) is 69.6. The molecule has 0 spiro atoms. The van der Waals surface area contributed by atoms with Crippen LogP contribution in [0.3, 0.4) is 0 Å². The summed E-state index contributed by atoms with van der Waals surface area (Å²) in [5, 5.41) is 23.3. The molecule has 0 aromatic rings. The lowest BCUT2D eigenvalue weighted by molar-refractivity contribution is -0.123. The maximum atomic E-state index is 12.6. The number of amides is 1. The zero-order valence-electron chi connectivity index (χ0n) is 56.6. The number of unbranched alkanes of at least 4 members (excludes halogenated alkanes) is 64. The van der Waals surface area contributed by atoms with Gasteiger partial charge in [0.15, 0.2) is 0 Å². The largest absolute Gasteiger partial charge is 0.394 e. The van der Waals surface area contributed by atoms with E-state index in [2.05, 4.69) is 31.3 Å². The zero-order chi connectivity index (χ0) is 59.1. The van der Waals surface area contributed by atoms with Crippen molar-refractivity contribution in [3.63, 3.8) is 0 Å². The third-order valence-electron chi connectivity index (χ3n) is 18.4. The number of carbonyl (C=O) groups excluding carboxylic acids is 1. The average Bonchev–Trinajstić information content (AvgIpc) is 3.50. The molecule has 4 heteroatoms. The minimum atomic E-state index is -0.862. The van der Waals surface area contributed by atoms with E-state index in [9.17, 15) is 15.0 Å². The third-order valence-corrected chi connectivity index (χ3v) is 18.4. The van der Waals surface area contributed by atoms with Gasteiger partial charge in [0.25, 0.3) is 0 Å². The highest BCUT2D eigenvalue weighted by molar-refractivity contribution is 5.76. The number of rotatable bonds is 73. The second kappa shape index (κ2) is 74.1. The molecule has 3 N–H and O–H groups in total. The summed E-state index contributed by atoms with van der Waals surface area (Å²) in [7, 11) is 0. The molecule has 0 heterocycles. The van der Waals surface area contributed by atoms with E-state index in [1.54, 1.807) is 6.08 Å². The van der Waals surface area contributed by atoms with Gasteiger partial charge in [-0.25, -0.2) is 0 Å². The lowest BCUT2D eigenvalue weighted by Gasteiger charge is -2.19. The topological polar surface area (TPSA) is 69.6 Å². The van der Waals surface area contributed by atoms with Gasteiger partial charge in [0.05, 0.1) is 18.8 Å². The lowest BCUT2D eigenvalue weighted by Crippen LogP contribution is -2.45. The number of nitrogens with one attached hydrogen (secondary N) is 1. The Morgan fingerprint density at radius 3 is 0.707 bits per heavy atom. The van der Waals surface area contributed by atoms with E-state index in [-0.39, 0.29) is 12.5 Å². The van der Waals surface area contributed by atoms with Gasteiger partial charge in [0.2, 0.25) is 5.91 Å². The van der Waals surface area contributed by atoms with Gasteiger partial charge in [-0.2, -0.15) is 0 Å². The van der Waals surface area contributed by atoms with Gasteiger partial charge < -0.3 is 15.5 Å². The number of carbonyl (C=O) groups is 1. The summed E-state index contributed by atoms with van der Waals surface area (Å²) in [5.74, 6) is -0.0630. The van der Waals surface area contributed by atoms with Gasteiger partial charge in [0, 0.05) is 6.42 Å². The van der Waals surface area contributed by atoms with E-state index < -0.39 is 12.1 Å². The number of aliphatic hydroxyl groups excluding tert-OH is 2. The maximum absolute atomic E-state index is 12.6. The summed E-state index contributed by atoms with van der Waals surface area (Å²) in [4.78, 5) is 12.6. The standard InChI is InChI=1S/C78H153NO3/c1-3-5-7-9-11-13-15-17-19-21-23-25-27-29-31-33-35-37-38-39-40-42-44-46-48-50-52-54-56-58-60-62-64-66-68-70-72-74-78(82)79-76(75-80)77(81)73-71-69-67-65-63-61-59-57-55-53-51-49-47-45-43-41-36-34-32-30-28-26-24-22-20-18-16-14-12-10-8-6-4-2/h63,65,71,73,76-77,80-81H,3-62,64,66-70,72,74-75H2,1-2H3,(H,79,82)/b65-63+,73-71+. The highest BCUT2D eigenvalue weighted by Crippen LogP contribution is 2.20. The molecule has 0 aliphatic heterocycles. The van der Waals surface area contributed by atoms with Gasteiger partial charge in [-0.05, 0) is 32.1 Å². The van der Waals surface area contributed by atoms with E-state index in [4.69, 9.17) is 0 Å². The predicted octanol–water partition coefficient (Wildman–Crippen LogP) is 26.5. The molecule has 488 valence electrons. The highest BCUT2D eigenvalue weighted by Gasteiger charge is 2.18. The van der Waals surface area contributed by atoms with E-state index >= 15 is 0 Å². The van der Waals surface area contributed by atoms with Crippen molar-refractivity contribution in [1.82, 2.24) is 5.32 Å². The summed E-state index contributed by atoms with van der Waals surface area (Å²) >= 11 is 0. The zero-order valence-corrected chi connectivity index (χ0v) is 56.6. The highest BCUT2D eigenvalue weighted by atomic mass is 16.3. The molecule has 0 bridgehead atoms. The monoisotopic (exact) mass is 1150 g/mol. The summed E-state index contributed by atoms with van der Waals surface area (Å²) in [6, 6.07) is -0.638. The second-order valence-corrected chi connectivity index (χ2v) is 26.8. The van der Waals surface area contributed by atoms with Gasteiger partial charge in [-0.1, -0.05) is 436 Å². The Labute approximate surface area is 517 Å². The van der Waals surface area contributed by atoms with E-state index in [1.807, 2.05) is 6.08 Å². The molecule has 0 radical (unpaired) electrons. The predicted molar refractivity (Wildman–Crippen MR) is 369 cm³/mol. The Morgan fingerprint density at radius 2 is 0.476 bits per heavy atom. The molecule has 1 amide bonds. The van der Waals surface area contributed by atoms with Crippen molar-refractivity contribution in [2.45, 2.75) is 463 Å². The van der Waals surface area contributed by atoms with Crippen LogP contribution in [-0.2, 0) is 4.79 Å². The lowest BCUT2D eigenvalue weighted by atomic mass is 10.0. The van der Waals surface area contributed by atoms with Crippen LogP contribution in [0, 0.1) is 0 Å². The summed E-state index contributed by atoms with van der Waals surface area (Å²) < 4.78 is 0. The molecular weight excluding hydrogens is 999 g/mol. The van der Waals surface area contributed by atoms with Crippen LogP contribution in [0.25, 0.3) is 0 Å². The van der Waals surface area contributed by atoms with Gasteiger partial charge >= 0.3 is 0 Å². The minimum Gasteiger partial charge on any atom is -0.394 e. The molecule has 0 rings (SSSR count). The van der Waals surface area contributed by atoms with Crippen LogP contribution < -0.4 is 5.32 Å². The Hall–Kier alpha value is -1.13. The van der Waals surface area contributed by atoms with Crippen molar-refractivity contribution >= 4 is 5.91 Å². The van der Waals surface area contributed by atoms with Crippen LogP contribution in [0.5, 0.6) is 0 Å². The van der Waals surface area contributed by atoms with E-state index in [0.717, 1.165) is 32.1 Å². The molecule has 0 aromatic carbocycles. The Morgan fingerprint density at radius 1 is 0.280 bits per heavy atom. The smallest absolute Gasteiger partial charge is 0.220 e. The normalized spacial score (nSPS) is 12.7. The van der Waals surface area contributed by atoms with E-state index in [0.29, 0.717) is 6.42 Å². The molecule has 0 saturated carbocycles. The first kappa shape index (κ1) is 80.9. The van der Waals surface area contributed by atoms with Gasteiger partial charge in [-0.15, -0.1) is 0 Å². The minimum absolute atomic E-state index is 0.0630. The molecule has 0 aliphatic carbocycles. The quantitative estimate of drug-likeness (QED) is 0.0420. The Kier molecular flexibility index (Phi) is 73.1. The fraction of sp³-hybridized carbons (Fsp3) is 0.936. The molecule has 0 fully saturated rings. The molecule has 82 heavy (non-hydrogen) atoms. The molecule has 2 unspecified atom stereocenters. The average molecular weight is 1150 g/mol.